The maximum atomic E-state index is 12.1. The molecule has 1 atom stereocenters. The molecule has 1 aromatic heterocycles. The Kier molecular flexibility index (Phi) is 3.69. The van der Waals surface area contributed by atoms with Gasteiger partial charge >= 0.3 is 0 Å². The quantitative estimate of drug-likeness (QED) is 0.848. The zero-order valence-corrected chi connectivity index (χ0v) is 10.9. The summed E-state index contributed by atoms with van der Waals surface area (Å²) in [5.74, 6) is 0.784. The SMILES string of the molecule is Cc1cnc(NC(C)C(=O)N2CCCC2)cc1N. The van der Waals surface area contributed by atoms with Gasteiger partial charge in [-0.1, -0.05) is 0 Å². The van der Waals surface area contributed by atoms with Crippen molar-refractivity contribution in [1.82, 2.24) is 9.88 Å². The molecule has 1 aliphatic heterocycles. The predicted molar refractivity (Wildman–Crippen MR) is 72.3 cm³/mol. The van der Waals surface area contributed by atoms with Crippen LogP contribution in [0.5, 0.6) is 0 Å². The minimum absolute atomic E-state index is 0.133. The monoisotopic (exact) mass is 248 g/mol. The van der Waals surface area contributed by atoms with Crippen molar-refractivity contribution in [2.24, 2.45) is 0 Å². The van der Waals surface area contributed by atoms with Crippen molar-refractivity contribution in [1.29, 1.82) is 0 Å². The Labute approximate surface area is 107 Å². The number of nitrogens with zero attached hydrogens (tertiary/aromatic N) is 2. The molecular formula is C13H20N4O. The van der Waals surface area contributed by atoms with E-state index in [1.54, 1.807) is 12.3 Å². The number of amides is 1. The molecule has 5 heteroatoms. The summed E-state index contributed by atoms with van der Waals surface area (Å²) in [6, 6.07) is 1.50. The van der Waals surface area contributed by atoms with Crippen LogP contribution in [0, 0.1) is 6.92 Å². The van der Waals surface area contributed by atoms with Gasteiger partial charge in [0.1, 0.15) is 11.9 Å². The third-order valence-corrected chi connectivity index (χ3v) is 3.30. The van der Waals surface area contributed by atoms with E-state index in [0.717, 1.165) is 31.5 Å². The van der Waals surface area contributed by atoms with Gasteiger partial charge < -0.3 is 16.0 Å². The molecule has 0 radical (unpaired) electrons. The topological polar surface area (TPSA) is 71.2 Å². The van der Waals surface area contributed by atoms with E-state index < -0.39 is 0 Å². The highest BCUT2D eigenvalue weighted by molar-refractivity contribution is 5.84. The summed E-state index contributed by atoms with van der Waals surface area (Å²) in [6.07, 6.45) is 3.92. The standard InChI is InChI=1S/C13H20N4O/c1-9-8-15-12(7-11(9)14)16-10(2)13(18)17-5-3-4-6-17/h7-8,10H,3-6H2,1-2H3,(H3,14,15,16). The highest BCUT2D eigenvalue weighted by Gasteiger charge is 2.23. The third kappa shape index (κ3) is 2.72. The number of likely N-dealkylation sites (tertiary alicyclic amines) is 1. The van der Waals surface area contributed by atoms with Crippen LogP contribution in [-0.2, 0) is 4.79 Å². The van der Waals surface area contributed by atoms with Crippen LogP contribution in [0.15, 0.2) is 12.3 Å². The second-order valence-electron chi connectivity index (χ2n) is 4.82. The van der Waals surface area contributed by atoms with E-state index >= 15 is 0 Å². The number of hydrogen-bond acceptors (Lipinski definition) is 4. The van der Waals surface area contributed by atoms with Crippen LogP contribution in [0.4, 0.5) is 11.5 Å². The van der Waals surface area contributed by atoms with Crippen molar-refractivity contribution in [2.75, 3.05) is 24.1 Å². The summed E-state index contributed by atoms with van der Waals surface area (Å²) in [4.78, 5) is 18.2. The first kappa shape index (κ1) is 12.7. The van der Waals surface area contributed by atoms with E-state index in [1.165, 1.54) is 0 Å². The number of carbonyl (C=O) groups is 1. The summed E-state index contributed by atoms with van der Waals surface area (Å²) < 4.78 is 0. The van der Waals surface area contributed by atoms with Crippen LogP contribution >= 0.6 is 0 Å². The number of carbonyl (C=O) groups excluding carboxylic acids is 1. The molecule has 1 unspecified atom stereocenters. The van der Waals surface area contributed by atoms with E-state index in [1.807, 2.05) is 18.7 Å². The molecular weight excluding hydrogens is 228 g/mol. The number of aryl methyl sites for hydroxylation is 1. The smallest absolute Gasteiger partial charge is 0.244 e. The minimum atomic E-state index is -0.266. The number of hydrogen-bond donors (Lipinski definition) is 2. The van der Waals surface area contributed by atoms with Gasteiger partial charge in [-0.25, -0.2) is 4.98 Å². The number of nitrogens with one attached hydrogen (secondary N) is 1. The molecule has 5 nitrogen and oxygen atoms in total. The second kappa shape index (κ2) is 5.25. The Bertz CT molecular complexity index is 441. The number of pyridine rings is 1. The van der Waals surface area contributed by atoms with Crippen LogP contribution in [0.1, 0.15) is 25.3 Å². The maximum absolute atomic E-state index is 12.1. The molecule has 98 valence electrons. The van der Waals surface area contributed by atoms with Gasteiger partial charge in [0.25, 0.3) is 0 Å². The Morgan fingerprint density at radius 3 is 2.78 bits per heavy atom. The van der Waals surface area contributed by atoms with Crippen molar-refractivity contribution in [3.8, 4) is 0 Å². The number of nitrogen functional groups attached to an aromatic ring is 1. The second-order valence-corrected chi connectivity index (χ2v) is 4.82. The molecule has 0 saturated carbocycles. The lowest BCUT2D eigenvalue weighted by molar-refractivity contribution is -0.130. The van der Waals surface area contributed by atoms with Crippen LogP contribution < -0.4 is 11.1 Å². The molecule has 18 heavy (non-hydrogen) atoms. The molecule has 2 rings (SSSR count). The lowest BCUT2D eigenvalue weighted by atomic mass is 10.2. The van der Waals surface area contributed by atoms with Gasteiger partial charge in [0.2, 0.25) is 5.91 Å². The minimum Gasteiger partial charge on any atom is -0.398 e. The molecule has 1 amide bonds. The molecule has 1 aliphatic rings. The first-order valence-electron chi connectivity index (χ1n) is 6.35. The predicted octanol–water partition coefficient (Wildman–Crippen LogP) is 1.40. The van der Waals surface area contributed by atoms with Crippen molar-refractivity contribution < 1.29 is 4.79 Å². The van der Waals surface area contributed by atoms with E-state index in [-0.39, 0.29) is 11.9 Å². The van der Waals surface area contributed by atoms with Gasteiger partial charge in [-0.2, -0.15) is 0 Å². The number of aromatic nitrogens is 1. The normalized spacial score (nSPS) is 16.7. The van der Waals surface area contributed by atoms with Crippen molar-refractivity contribution in [2.45, 2.75) is 32.7 Å². The van der Waals surface area contributed by atoms with Gasteiger partial charge in [0.05, 0.1) is 0 Å². The zero-order chi connectivity index (χ0) is 13.1. The largest absolute Gasteiger partial charge is 0.398 e. The number of nitrogens with two attached hydrogens (primary N) is 1. The molecule has 3 N–H and O–H groups in total. The van der Waals surface area contributed by atoms with E-state index in [9.17, 15) is 4.79 Å². The lowest BCUT2D eigenvalue weighted by Crippen LogP contribution is -2.39. The summed E-state index contributed by atoms with van der Waals surface area (Å²) in [5, 5.41) is 3.10. The van der Waals surface area contributed by atoms with E-state index in [0.29, 0.717) is 11.5 Å². The van der Waals surface area contributed by atoms with Crippen LogP contribution in [0.3, 0.4) is 0 Å². The Morgan fingerprint density at radius 2 is 2.17 bits per heavy atom. The average Bonchev–Trinajstić information content (AvgIpc) is 2.86. The Balaban J connectivity index is 1.99. The molecule has 1 fully saturated rings. The fraction of sp³-hybridized carbons (Fsp3) is 0.538. The van der Waals surface area contributed by atoms with Gasteiger partial charge in [0, 0.05) is 31.0 Å². The highest BCUT2D eigenvalue weighted by Crippen LogP contribution is 2.16. The van der Waals surface area contributed by atoms with Crippen molar-refractivity contribution in [3.05, 3.63) is 17.8 Å². The average molecular weight is 248 g/mol. The number of anilines is 2. The van der Waals surface area contributed by atoms with Crippen molar-refractivity contribution >= 4 is 17.4 Å². The molecule has 0 spiro atoms. The van der Waals surface area contributed by atoms with Gasteiger partial charge in [-0.3, -0.25) is 4.79 Å². The third-order valence-electron chi connectivity index (χ3n) is 3.30. The van der Waals surface area contributed by atoms with Gasteiger partial charge in [-0.15, -0.1) is 0 Å². The Hall–Kier alpha value is -1.78. The lowest BCUT2D eigenvalue weighted by Gasteiger charge is -2.21. The first-order valence-corrected chi connectivity index (χ1v) is 6.35. The van der Waals surface area contributed by atoms with Crippen LogP contribution in [-0.4, -0.2) is 34.9 Å². The van der Waals surface area contributed by atoms with Gasteiger partial charge in [0.15, 0.2) is 0 Å². The van der Waals surface area contributed by atoms with Gasteiger partial charge in [-0.05, 0) is 32.3 Å². The molecule has 0 aromatic carbocycles. The zero-order valence-electron chi connectivity index (χ0n) is 10.9. The molecule has 0 bridgehead atoms. The maximum Gasteiger partial charge on any atom is 0.244 e. The van der Waals surface area contributed by atoms with Crippen LogP contribution in [0.2, 0.25) is 0 Å². The summed E-state index contributed by atoms with van der Waals surface area (Å²) in [7, 11) is 0. The fourth-order valence-corrected chi connectivity index (χ4v) is 2.11. The first-order chi connectivity index (χ1) is 8.58. The fourth-order valence-electron chi connectivity index (χ4n) is 2.11. The molecule has 1 aromatic rings. The number of rotatable bonds is 3. The summed E-state index contributed by atoms with van der Waals surface area (Å²) >= 11 is 0. The molecule has 0 aliphatic carbocycles. The van der Waals surface area contributed by atoms with E-state index in [2.05, 4.69) is 10.3 Å². The van der Waals surface area contributed by atoms with E-state index in [4.69, 9.17) is 5.73 Å². The van der Waals surface area contributed by atoms with Crippen LogP contribution in [0.25, 0.3) is 0 Å². The molecule has 2 heterocycles. The highest BCUT2D eigenvalue weighted by atomic mass is 16.2. The summed E-state index contributed by atoms with van der Waals surface area (Å²) in [5.41, 5.74) is 7.45. The molecule has 1 saturated heterocycles. The Morgan fingerprint density at radius 1 is 1.50 bits per heavy atom. The van der Waals surface area contributed by atoms with Crippen molar-refractivity contribution in [3.63, 3.8) is 0 Å². The summed E-state index contributed by atoms with van der Waals surface area (Å²) in [6.45, 7) is 5.51.